The van der Waals surface area contributed by atoms with Gasteiger partial charge in [0.15, 0.2) is 0 Å². The second kappa shape index (κ2) is 28.4. The van der Waals surface area contributed by atoms with E-state index in [1.807, 2.05) is 19.0 Å². The van der Waals surface area contributed by atoms with Gasteiger partial charge in [0.1, 0.15) is 0 Å². The van der Waals surface area contributed by atoms with Gasteiger partial charge in [0.25, 0.3) is 0 Å². The molecule has 0 spiro atoms. The lowest BCUT2D eigenvalue weighted by atomic mass is 10.1. The Morgan fingerprint density at radius 2 is 1.31 bits per heavy atom. The number of hydrogen-bond acceptors (Lipinski definition) is 4. The molecule has 2 unspecified atom stereocenters. The van der Waals surface area contributed by atoms with E-state index in [-0.39, 0.29) is 31.0 Å². The molecule has 0 fully saturated rings. The van der Waals surface area contributed by atoms with Crippen LogP contribution in [-0.2, 0) is 4.79 Å². The van der Waals surface area contributed by atoms with Crippen LogP contribution in [0.4, 0.5) is 0 Å². The fourth-order valence-corrected chi connectivity index (χ4v) is 3.58. The summed E-state index contributed by atoms with van der Waals surface area (Å²) in [4.78, 5) is 12.5. The number of aliphatic hydroxyl groups is 2. The van der Waals surface area contributed by atoms with E-state index < -0.39 is 6.10 Å². The number of carbonyl (C=O) groups excluding carboxylic acids is 1. The molecule has 0 radical (unpaired) electrons. The summed E-state index contributed by atoms with van der Waals surface area (Å²) < 4.78 is 0. The summed E-state index contributed by atoms with van der Waals surface area (Å²) in [5.41, 5.74) is 5.10. The Labute approximate surface area is 205 Å². The fourth-order valence-electron chi connectivity index (χ4n) is 3.58. The summed E-state index contributed by atoms with van der Waals surface area (Å²) in [6, 6.07) is 0.0880. The first-order valence-corrected chi connectivity index (χ1v) is 12.8. The number of unbranched alkanes of at least 4 members (excludes halogenated alkanes) is 11. The van der Waals surface area contributed by atoms with Gasteiger partial charge in [-0.1, -0.05) is 83.8 Å². The predicted molar refractivity (Wildman–Crippen MR) is 141 cm³/mol. The van der Waals surface area contributed by atoms with Crippen molar-refractivity contribution in [3.05, 3.63) is 12.2 Å². The molecule has 0 aromatic carbocycles. The molecule has 0 aliphatic carbocycles. The number of allylic oxidation sites excluding steroid dienone is 2. The van der Waals surface area contributed by atoms with Crippen LogP contribution in [0.5, 0.6) is 0 Å². The number of hydrogen-bond donors (Lipinski definition) is 3. The second-order valence-electron chi connectivity index (χ2n) is 8.87. The molecule has 0 aromatic heterocycles. The Balaban J connectivity index is -0.000000597. The van der Waals surface area contributed by atoms with Crippen molar-refractivity contribution in [3.63, 3.8) is 0 Å². The van der Waals surface area contributed by atoms with Crippen molar-refractivity contribution < 1.29 is 15.0 Å². The minimum Gasteiger partial charge on any atom is -0.394 e. The Bertz CT molecular complexity index is 407. The lowest BCUT2D eigenvalue weighted by molar-refractivity contribution is -0.118. The molecule has 0 aromatic rings. The molecular weight excluding hydrogens is 424 g/mol. The summed E-state index contributed by atoms with van der Waals surface area (Å²) >= 11 is 0. The van der Waals surface area contributed by atoms with Gasteiger partial charge in [0.2, 0.25) is 5.91 Å². The largest absolute Gasteiger partial charge is 0.394 e. The van der Waals surface area contributed by atoms with Gasteiger partial charge in [0.05, 0.1) is 12.7 Å². The highest BCUT2D eigenvalue weighted by Crippen LogP contribution is 2.10. The van der Waals surface area contributed by atoms with Crippen molar-refractivity contribution in [2.45, 2.75) is 129 Å². The summed E-state index contributed by atoms with van der Waals surface area (Å²) in [5, 5.41) is 18.0. The van der Waals surface area contributed by atoms with Gasteiger partial charge in [-0.05, 0) is 52.6 Å². The Morgan fingerprint density at radius 1 is 0.844 bits per heavy atom. The third-order valence-electron chi connectivity index (χ3n) is 5.56. The first-order chi connectivity index (χ1) is 14.9. The van der Waals surface area contributed by atoms with E-state index in [4.69, 9.17) is 10.8 Å². The molecule has 4 N–H and O–H groups in total. The van der Waals surface area contributed by atoms with Crippen LogP contribution in [0.15, 0.2) is 12.2 Å². The zero-order chi connectivity index (χ0) is 23.7. The standard InChI is InChI=1S/C18H35NO.C8H19NO2.ClH/c1-2-3-4-5-6-7-8-9-10-11-12-13-14-15-16-17-18(19)20;1-4-5-7(9(2)3)8(11)6-10;/h9-10H,2-8,11-17H2,1H3,(H2,19,20);7-8,10-11H,4-6H2,1-3H3;1H/b10-9-;;. The maximum absolute atomic E-state index is 10.5. The quantitative estimate of drug-likeness (QED) is 0.148. The minimum absolute atomic E-state index is 0. The summed E-state index contributed by atoms with van der Waals surface area (Å²) in [5.74, 6) is -0.164. The first kappa shape index (κ1) is 36.0. The highest BCUT2D eigenvalue weighted by molar-refractivity contribution is 5.85. The molecule has 2 atom stereocenters. The molecule has 0 saturated heterocycles. The smallest absolute Gasteiger partial charge is 0.217 e. The maximum atomic E-state index is 10.5. The Hall–Kier alpha value is -0.620. The lowest BCUT2D eigenvalue weighted by Gasteiger charge is -2.27. The van der Waals surface area contributed by atoms with Gasteiger partial charge >= 0.3 is 0 Å². The normalized spacial score (nSPS) is 12.8. The van der Waals surface area contributed by atoms with E-state index in [2.05, 4.69) is 26.0 Å². The average Bonchev–Trinajstić information content (AvgIpc) is 2.74. The third-order valence-corrected chi connectivity index (χ3v) is 5.56. The first-order valence-electron chi connectivity index (χ1n) is 12.8. The van der Waals surface area contributed by atoms with E-state index in [1.165, 1.54) is 70.6 Å². The molecule has 0 aliphatic heterocycles. The Morgan fingerprint density at radius 3 is 1.72 bits per heavy atom. The van der Waals surface area contributed by atoms with Crippen LogP contribution in [-0.4, -0.2) is 53.9 Å². The molecule has 1 amide bonds. The van der Waals surface area contributed by atoms with Crippen LogP contribution in [0.2, 0.25) is 0 Å². The van der Waals surface area contributed by atoms with Crippen molar-refractivity contribution in [2.24, 2.45) is 5.73 Å². The second-order valence-corrected chi connectivity index (χ2v) is 8.87. The van der Waals surface area contributed by atoms with Gasteiger partial charge < -0.3 is 20.8 Å². The van der Waals surface area contributed by atoms with Crippen LogP contribution >= 0.6 is 12.4 Å². The van der Waals surface area contributed by atoms with Gasteiger partial charge in [-0.15, -0.1) is 12.4 Å². The van der Waals surface area contributed by atoms with E-state index in [0.717, 1.165) is 25.7 Å². The number of aliphatic hydroxyl groups excluding tert-OH is 2. The van der Waals surface area contributed by atoms with Gasteiger partial charge in [-0.2, -0.15) is 0 Å². The van der Waals surface area contributed by atoms with E-state index in [9.17, 15) is 9.90 Å². The van der Waals surface area contributed by atoms with Crippen LogP contribution in [0, 0.1) is 0 Å². The van der Waals surface area contributed by atoms with Gasteiger partial charge in [-0.25, -0.2) is 0 Å². The van der Waals surface area contributed by atoms with Crippen LogP contribution in [0.25, 0.3) is 0 Å². The SMILES string of the molecule is CCCC(C(O)CO)N(C)C.CCCCCCCC/C=C\CCCCCCCC(N)=O.Cl. The molecule has 5 nitrogen and oxygen atoms in total. The number of halogens is 1. The van der Waals surface area contributed by atoms with Crippen molar-refractivity contribution in [2.75, 3.05) is 20.7 Å². The van der Waals surface area contributed by atoms with Crippen LogP contribution in [0.3, 0.4) is 0 Å². The molecule has 194 valence electrons. The molecular formula is C26H55ClN2O3. The molecule has 0 rings (SSSR count). The lowest BCUT2D eigenvalue weighted by Crippen LogP contribution is -2.40. The Kier molecular flexibility index (Phi) is 31.9. The number of carbonyl (C=O) groups is 1. The van der Waals surface area contributed by atoms with Crippen LogP contribution in [0.1, 0.15) is 117 Å². The molecule has 6 heteroatoms. The van der Waals surface area contributed by atoms with Crippen molar-refractivity contribution in [1.29, 1.82) is 0 Å². The molecule has 0 aliphatic rings. The number of rotatable bonds is 20. The highest BCUT2D eigenvalue weighted by Gasteiger charge is 2.18. The molecule has 32 heavy (non-hydrogen) atoms. The minimum atomic E-state index is -0.607. The summed E-state index contributed by atoms with van der Waals surface area (Å²) in [6.07, 6.45) is 23.3. The van der Waals surface area contributed by atoms with E-state index >= 15 is 0 Å². The molecule has 0 saturated carbocycles. The number of nitrogens with two attached hydrogens (primary N) is 1. The van der Waals surface area contributed by atoms with Crippen molar-refractivity contribution >= 4 is 18.3 Å². The number of amides is 1. The summed E-state index contributed by atoms with van der Waals surface area (Å²) in [6.45, 7) is 4.18. The molecule has 0 bridgehead atoms. The van der Waals surface area contributed by atoms with E-state index in [1.54, 1.807) is 0 Å². The predicted octanol–water partition coefficient (Wildman–Crippen LogP) is 6.00. The number of nitrogens with zero attached hydrogens (tertiary/aromatic N) is 1. The van der Waals surface area contributed by atoms with Gasteiger partial charge in [-0.3, -0.25) is 4.79 Å². The van der Waals surface area contributed by atoms with Gasteiger partial charge in [0, 0.05) is 12.5 Å². The zero-order valence-corrected chi connectivity index (χ0v) is 22.4. The highest BCUT2D eigenvalue weighted by atomic mass is 35.5. The number of primary amides is 1. The van der Waals surface area contributed by atoms with E-state index in [0.29, 0.717) is 6.42 Å². The third kappa shape index (κ3) is 27.4. The topological polar surface area (TPSA) is 86.8 Å². The summed E-state index contributed by atoms with van der Waals surface area (Å²) in [7, 11) is 3.83. The number of likely N-dealkylation sites (N-methyl/N-ethyl adjacent to an activating group) is 1. The zero-order valence-electron chi connectivity index (χ0n) is 21.6. The van der Waals surface area contributed by atoms with Crippen LogP contribution < -0.4 is 5.73 Å². The monoisotopic (exact) mass is 478 g/mol. The average molecular weight is 479 g/mol. The maximum Gasteiger partial charge on any atom is 0.217 e. The molecule has 0 heterocycles. The van der Waals surface area contributed by atoms with Crippen molar-refractivity contribution in [1.82, 2.24) is 4.90 Å². The fraction of sp³-hybridized carbons (Fsp3) is 0.885. The van der Waals surface area contributed by atoms with Crippen molar-refractivity contribution in [3.8, 4) is 0 Å².